The highest BCUT2D eigenvalue weighted by molar-refractivity contribution is 5.80. The lowest BCUT2D eigenvalue weighted by atomic mass is 10.0. The highest BCUT2D eigenvalue weighted by Crippen LogP contribution is 2.42. The van der Waals surface area contributed by atoms with Gasteiger partial charge in [-0.25, -0.2) is 8.78 Å². The third-order valence-electron chi connectivity index (χ3n) is 5.79. The van der Waals surface area contributed by atoms with Gasteiger partial charge in [-0.2, -0.15) is 5.10 Å². The van der Waals surface area contributed by atoms with Crippen LogP contribution in [0.25, 0.3) is 0 Å². The van der Waals surface area contributed by atoms with Crippen molar-refractivity contribution in [3.63, 3.8) is 0 Å². The van der Waals surface area contributed by atoms with Crippen molar-refractivity contribution in [2.45, 2.75) is 58.0 Å². The number of rotatable bonds is 4. The number of aromatic nitrogens is 2. The molecule has 1 saturated carbocycles. The van der Waals surface area contributed by atoms with Gasteiger partial charge >= 0.3 is 0 Å². The van der Waals surface area contributed by atoms with Gasteiger partial charge < -0.3 is 9.80 Å². The molecule has 2 fully saturated rings. The third kappa shape index (κ3) is 4.09. The van der Waals surface area contributed by atoms with Gasteiger partial charge in [-0.15, -0.1) is 5.10 Å². The molecule has 5 nitrogen and oxygen atoms in total. The molecule has 29 heavy (non-hydrogen) atoms. The Morgan fingerprint density at radius 1 is 1.07 bits per heavy atom. The zero-order valence-electron chi connectivity index (χ0n) is 17.0. The molecule has 1 amide bonds. The van der Waals surface area contributed by atoms with E-state index in [1.807, 2.05) is 37.8 Å². The van der Waals surface area contributed by atoms with Crippen LogP contribution < -0.4 is 4.90 Å². The molecule has 1 aliphatic heterocycles. The Kier molecular flexibility index (Phi) is 5.23. The van der Waals surface area contributed by atoms with Gasteiger partial charge in [0.25, 0.3) is 0 Å². The van der Waals surface area contributed by atoms with Gasteiger partial charge in [-0.1, -0.05) is 0 Å². The largest absolute Gasteiger partial charge is 0.351 e. The second kappa shape index (κ2) is 7.69. The Morgan fingerprint density at radius 2 is 1.69 bits per heavy atom. The summed E-state index contributed by atoms with van der Waals surface area (Å²) >= 11 is 0. The van der Waals surface area contributed by atoms with Crippen molar-refractivity contribution in [1.29, 1.82) is 0 Å². The number of halogens is 2. The number of hydrogen-bond acceptors (Lipinski definition) is 4. The van der Waals surface area contributed by atoms with Crippen LogP contribution in [0.4, 0.5) is 14.6 Å². The fourth-order valence-corrected chi connectivity index (χ4v) is 4.33. The maximum Gasteiger partial charge on any atom is 0.227 e. The Labute approximate surface area is 169 Å². The van der Waals surface area contributed by atoms with Crippen LogP contribution in [0.1, 0.15) is 49.4 Å². The van der Waals surface area contributed by atoms with E-state index < -0.39 is 11.6 Å². The molecule has 7 heteroatoms. The lowest BCUT2D eigenvalue weighted by Gasteiger charge is -2.45. The lowest BCUT2D eigenvalue weighted by molar-refractivity contribution is -0.135. The van der Waals surface area contributed by atoms with Crippen LogP contribution in [0.15, 0.2) is 24.3 Å². The van der Waals surface area contributed by atoms with E-state index in [4.69, 9.17) is 0 Å². The van der Waals surface area contributed by atoms with Gasteiger partial charge in [-0.3, -0.25) is 4.79 Å². The molecule has 0 unspecified atom stereocenters. The van der Waals surface area contributed by atoms with Crippen molar-refractivity contribution in [3.8, 4) is 0 Å². The minimum atomic E-state index is -0.529. The smallest absolute Gasteiger partial charge is 0.227 e. The first-order valence-corrected chi connectivity index (χ1v) is 10.2. The first kappa shape index (κ1) is 19.7. The van der Waals surface area contributed by atoms with Gasteiger partial charge in [0.15, 0.2) is 5.82 Å². The summed E-state index contributed by atoms with van der Waals surface area (Å²) in [7, 11) is 0. The van der Waals surface area contributed by atoms with E-state index in [-0.39, 0.29) is 35.9 Å². The number of carbonyl (C=O) groups is 1. The number of hydrogen-bond donors (Lipinski definition) is 0. The number of anilines is 1. The molecule has 0 radical (unpaired) electrons. The monoisotopic (exact) mass is 400 g/mol. The van der Waals surface area contributed by atoms with Crippen LogP contribution in [0.5, 0.6) is 0 Å². The average Bonchev–Trinajstić information content (AvgIpc) is 3.46. The zero-order chi connectivity index (χ0) is 20.7. The molecule has 2 aliphatic rings. The van der Waals surface area contributed by atoms with Crippen LogP contribution in [0.3, 0.4) is 0 Å². The molecule has 1 aromatic carbocycles. The first-order valence-electron chi connectivity index (χ1n) is 10.2. The Bertz CT molecular complexity index is 879. The normalized spacial score (nSPS) is 22.1. The van der Waals surface area contributed by atoms with Crippen LogP contribution >= 0.6 is 0 Å². The fraction of sp³-hybridized carbons (Fsp3) is 0.500. The molecular weight excluding hydrogens is 374 g/mol. The van der Waals surface area contributed by atoms with Gasteiger partial charge in [-0.05, 0) is 69.4 Å². The summed E-state index contributed by atoms with van der Waals surface area (Å²) in [6.07, 6.45) is 1.66. The summed E-state index contributed by atoms with van der Waals surface area (Å²) in [5.74, 6) is -0.380. The van der Waals surface area contributed by atoms with Crippen molar-refractivity contribution in [2.24, 2.45) is 0 Å². The number of carbonyl (C=O) groups excluding carboxylic acids is 1. The van der Waals surface area contributed by atoms with Crippen LogP contribution in [-0.2, 0) is 11.2 Å². The molecule has 0 spiro atoms. The van der Waals surface area contributed by atoms with Crippen molar-refractivity contribution in [3.05, 3.63) is 52.7 Å². The molecule has 1 saturated heterocycles. The molecule has 4 rings (SSSR count). The number of aryl methyl sites for hydroxylation is 1. The molecule has 1 aliphatic carbocycles. The topological polar surface area (TPSA) is 49.3 Å². The fourth-order valence-electron chi connectivity index (χ4n) is 4.33. The van der Waals surface area contributed by atoms with E-state index in [0.29, 0.717) is 18.7 Å². The quantitative estimate of drug-likeness (QED) is 0.787. The van der Waals surface area contributed by atoms with E-state index in [2.05, 4.69) is 15.1 Å². The summed E-state index contributed by atoms with van der Waals surface area (Å²) in [5.41, 5.74) is 1.42. The standard InChI is InChI=1S/C22H26F2N4O/c1-13-4-7-20(26-25-13)27-11-14(2)28(15(3)12-27)21(29)10-16-8-18(23)22(17-5-6-17)19(24)9-16/h4,7-9,14-15,17H,5-6,10-12H2,1-3H3/t14-,15+. The van der Waals surface area contributed by atoms with Crippen LogP contribution in [0, 0.1) is 18.6 Å². The maximum atomic E-state index is 14.3. The van der Waals surface area contributed by atoms with Gasteiger partial charge in [0.1, 0.15) is 11.6 Å². The van der Waals surface area contributed by atoms with Crippen molar-refractivity contribution >= 4 is 11.7 Å². The van der Waals surface area contributed by atoms with E-state index in [9.17, 15) is 13.6 Å². The predicted molar refractivity (Wildman–Crippen MR) is 107 cm³/mol. The summed E-state index contributed by atoms with van der Waals surface area (Å²) in [4.78, 5) is 16.9. The Hall–Kier alpha value is -2.57. The van der Waals surface area contributed by atoms with Crippen molar-refractivity contribution < 1.29 is 13.6 Å². The van der Waals surface area contributed by atoms with Crippen LogP contribution in [-0.4, -0.2) is 46.2 Å². The summed E-state index contributed by atoms with van der Waals surface area (Å²) in [5, 5.41) is 8.36. The van der Waals surface area contributed by atoms with Crippen molar-refractivity contribution in [1.82, 2.24) is 15.1 Å². The molecule has 0 N–H and O–H groups in total. The predicted octanol–water partition coefficient (Wildman–Crippen LogP) is 3.61. The Balaban J connectivity index is 1.46. The molecule has 2 atom stereocenters. The van der Waals surface area contributed by atoms with Gasteiger partial charge in [0.05, 0.1) is 12.1 Å². The minimum absolute atomic E-state index is 0.00209. The molecule has 1 aromatic heterocycles. The molecule has 154 valence electrons. The van der Waals surface area contributed by atoms with E-state index in [1.54, 1.807) is 0 Å². The molecule has 2 heterocycles. The average molecular weight is 400 g/mol. The number of nitrogens with zero attached hydrogens (tertiary/aromatic N) is 4. The second-order valence-electron chi connectivity index (χ2n) is 8.36. The number of amides is 1. The number of piperazine rings is 1. The molecule has 0 bridgehead atoms. The maximum absolute atomic E-state index is 14.3. The highest BCUT2D eigenvalue weighted by Gasteiger charge is 2.34. The van der Waals surface area contributed by atoms with E-state index in [0.717, 1.165) is 24.4 Å². The number of benzene rings is 1. The first-order chi connectivity index (χ1) is 13.8. The van der Waals surface area contributed by atoms with Gasteiger partial charge in [0.2, 0.25) is 5.91 Å². The lowest BCUT2D eigenvalue weighted by Crippen LogP contribution is -2.59. The minimum Gasteiger partial charge on any atom is -0.351 e. The zero-order valence-corrected chi connectivity index (χ0v) is 17.0. The highest BCUT2D eigenvalue weighted by atomic mass is 19.1. The molecular formula is C22H26F2N4O. The Morgan fingerprint density at radius 3 is 2.21 bits per heavy atom. The van der Waals surface area contributed by atoms with E-state index in [1.165, 1.54) is 12.1 Å². The van der Waals surface area contributed by atoms with Gasteiger partial charge in [0, 0.05) is 30.7 Å². The third-order valence-corrected chi connectivity index (χ3v) is 5.79. The summed E-state index contributed by atoms with van der Waals surface area (Å²) < 4.78 is 28.7. The molecule has 2 aromatic rings. The summed E-state index contributed by atoms with van der Waals surface area (Å²) in [6, 6.07) is 6.41. The SMILES string of the molecule is Cc1ccc(N2C[C@@H](C)N(C(=O)Cc3cc(F)c(C4CC4)c(F)c3)[C@@H](C)C2)nn1. The van der Waals surface area contributed by atoms with Crippen molar-refractivity contribution in [2.75, 3.05) is 18.0 Å². The van der Waals surface area contributed by atoms with E-state index >= 15 is 0 Å². The van der Waals surface area contributed by atoms with Crippen LogP contribution in [0.2, 0.25) is 0 Å². The summed E-state index contributed by atoms with van der Waals surface area (Å²) in [6.45, 7) is 7.13. The second-order valence-corrected chi connectivity index (χ2v) is 8.36.